The lowest BCUT2D eigenvalue weighted by molar-refractivity contribution is 0.338. The van der Waals surface area contributed by atoms with Crippen molar-refractivity contribution in [3.05, 3.63) is 41.0 Å². The van der Waals surface area contributed by atoms with Crippen molar-refractivity contribution < 1.29 is 4.74 Å². The maximum atomic E-state index is 5.75. The molecule has 6 nitrogen and oxygen atoms in total. The fourth-order valence-corrected chi connectivity index (χ4v) is 2.39. The zero-order valence-corrected chi connectivity index (χ0v) is 12.3. The number of hydrogen-bond acceptors (Lipinski definition) is 5. The van der Waals surface area contributed by atoms with E-state index in [0.717, 1.165) is 28.3 Å². The number of aromatic nitrogens is 3. The second-order valence-electron chi connectivity index (χ2n) is 4.69. The van der Waals surface area contributed by atoms with E-state index in [1.54, 1.807) is 12.4 Å². The number of nitrogens with two attached hydrogens (primary N) is 1. The van der Waals surface area contributed by atoms with E-state index in [4.69, 9.17) is 10.6 Å². The molecule has 2 heterocycles. The molecule has 20 heavy (non-hydrogen) atoms. The van der Waals surface area contributed by atoms with Crippen LogP contribution in [0.3, 0.4) is 0 Å². The van der Waals surface area contributed by atoms with E-state index >= 15 is 0 Å². The Hall–Kier alpha value is -1.92. The SMILES string of the molecule is CCOc1cncc(C(NN)c2c(C)nn(C)c2C)c1. The lowest BCUT2D eigenvalue weighted by Crippen LogP contribution is -2.29. The summed E-state index contributed by atoms with van der Waals surface area (Å²) in [6, 6.07) is 1.80. The molecule has 0 aromatic carbocycles. The number of hydrazine groups is 1. The highest BCUT2D eigenvalue weighted by molar-refractivity contribution is 5.38. The fraction of sp³-hybridized carbons (Fsp3) is 0.429. The third-order valence-electron chi connectivity index (χ3n) is 3.40. The number of ether oxygens (including phenoxy) is 1. The summed E-state index contributed by atoms with van der Waals surface area (Å²) in [4.78, 5) is 4.22. The Bertz CT molecular complexity index is 593. The molecule has 108 valence electrons. The van der Waals surface area contributed by atoms with Gasteiger partial charge in [0.15, 0.2) is 0 Å². The zero-order chi connectivity index (χ0) is 14.7. The Kier molecular flexibility index (Phi) is 4.36. The molecular formula is C14H21N5O. The van der Waals surface area contributed by atoms with Crippen molar-refractivity contribution in [3.63, 3.8) is 0 Å². The maximum absolute atomic E-state index is 5.75. The molecule has 0 bridgehead atoms. The summed E-state index contributed by atoms with van der Waals surface area (Å²) in [7, 11) is 1.92. The van der Waals surface area contributed by atoms with E-state index in [9.17, 15) is 0 Å². The highest BCUT2D eigenvalue weighted by atomic mass is 16.5. The molecule has 0 aliphatic heterocycles. The van der Waals surface area contributed by atoms with Gasteiger partial charge in [-0.15, -0.1) is 0 Å². The van der Waals surface area contributed by atoms with Gasteiger partial charge in [-0.25, -0.2) is 5.43 Å². The van der Waals surface area contributed by atoms with Crippen molar-refractivity contribution in [1.29, 1.82) is 0 Å². The Labute approximate surface area is 118 Å². The van der Waals surface area contributed by atoms with E-state index in [0.29, 0.717) is 6.61 Å². The summed E-state index contributed by atoms with van der Waals surface area (Å²) in [6.45, 7) is 6.56. The van der Waals surface area contributed by atoms with Crippen LogP contribution in [0.2, 0.25) is 0 Å². The zero-order valence-electron chi connectivity index (χ0n) is 12.3. The van der Waals surface area contributed by atoms with Gasteiger partial charge >= 0.3 is 0 Å². The normalized spacial score (nSPS) is 12.4. The highest BCUT2D eigenvalue weighted by Gasteiger charge is 2.21. The molecule has 2 aromatic heterocycles. The van der Waals surface area contributed by atoms with E-state index in [1.807, 2.05) is 38.6 Å². The van der Waals surface area contributed by atoms with Crippen molar-refractivity contribution in [2.24, 2.45) is 12.9 Å². The molecule has 3 N–H and O–H groups in total. The number of nitrogens with zero attached hydrogens (tertiary/aromatic N) is 3. The number of aryl methyl sites for hydroxylation is 2. The molecule has 2 aromatic rings. The summed E-state index contributed by atoms with van der Waals surface area (Å²) in [5.41, 5.74) is 6.91. The van der Waals surface area contributed by atoms with Crippen LogP contribution in [0.1, 0.15) is 35.5 Å². The van der Waals surface area contributed by atoms with Gasteiger partial charge in [-0.1, -0.05) is 0 Å². The third-order valence-corrected chi connectivity index (χ3v) is 3.40. The van der Waals surface area contributed by atoms with Crippen LogP contribution in [0, 0.1) is 13.8 Å². The summed E-state index contributed by atoms with van der Waals surface area (Å²) in [5, 5.41) is 4.43. The predicted octanol–water partition coefficient (Wildman–Crippen LogP) is 1.38. The average Bonchev–Trinajstić information content (AvgIpc) is 2.67. The van der Waals surface area contributed by atoms with Crippen molar-refractivity contribution in [2.75, 3.05) is 6.61 Å². The second-order valence-corrected chi connectivity index (χ2v) is 4.69. The van der Waals surface area contributed by atoms with Crippen molar-refractivity contribution in [3.8, 4) is 5.75 Å². The minimum absolute atomic E-state index is 0.156. The Morgan fingerprint density at radius 2 is 2.15 bits per heavy atom. The molecule has 0 saturated heterocycles. The van der Waals surface area contributed by atoms with Gasteiger partial charge in [0, 0.05) is 24.5 Å². The van der Waals surface area contributed by atoms with E-state index < -0.39 is 0 Å². The molecule has 1 atom stereocenters. The molecule has 2 rings (SSSR count). The molecule has 0 amide bonds. The van der Waals surface area contributed by atoms with Crippen LogP contribution in [0.5, 0.6) is 5.75 Å². The summed E-state index contributed by atoms with van der Waals surface area (Å²) in [6.07, 6.45) is 3.49. The fourth-order valence-electron chi connectivity index (χ4n) is 2.39. The van der Waals surface area contributed by atoms with Gasteiger partial charge in [-0.05, 0) is 32.4 Å². The van der Waals surface area contributed by atoms with Crippen molar-refractivity contribution in [1.82, 2.24) is 20.2 Å². The molecule has 0 spiro atoms. The standard InChI is InChI=1S/C14H21N5O/c1-5-20-12-6-11(7-16-8-12)14(17-15)13-9(2)18-19(4)10(13)3/h6-8,14,17H,5,15H2,1-4H3. The van der Waals surface area contributed by atoms with Crippen LogP contribution in [0.15, 0.2) is 18.5 Å². The van der Waals surface area contributed by atoms with Crippen LogP contribution >= 0.6 is 0 Å². The number of rotatable bonds is 5. The quantitative estimate of drug-likeness (QED) is 0.637. The summed E-state index contributed by atoms with van der Waals surface area (Å²) in [5.74, 6) is 6.49. The largest absolute Gasteiger partial charge is 0.492 e. The molecular weight excluding hydrogens is 254 g/mol. The van der Waals surface area contributed by atoms with Crippen LogP contribution < -0.4 is 16.0 Å². The number of pyridine rings is 1. The first kappa shape index (κ1) is 14.5. The first-order chi connectivity index (χ1) is 9.58. The Morgan fingerprint density at radius 3 is 2.70 bits per heavy atom. The number of hydrogen-bond donors (Lipinski definition) is 2. The van der Waals surface area contributed by atoms with Gasteiger partial charge in [-0.3, -0.25) is 15.5 Å². The van der Waals surface area contributed by atoms with Gasteiger partial charge in [0.25, 0.3) is 0 Å². The average molecular weight is 275 g/mol. The topological polar surface area (TPSA) is 78.0 Å². The maximum Gasteiger partial charge on any atom is 0.137 e. The summed E-state index contributed by atoms with van der Waals surface area (Å²) >= 11 is 0. The summed E-state index contributed by atoms with van der Waals surface area (Å²) < 4.78 is 7.35. The van der Waals surface area contributed by atoms with Crippen LogP contribution in [-0.4, -0.2) is 21.4 Å². The highest BCUT2D eigenvalue weighted by Crippen LogP contribution is 2.28. The van der Waals surface area contributed by atoms with Crippen LogP contribution in [0.4, 0.5) is 0 Å². The first-order valence-corrected chi connectivity index (χ1v) is 6.62. The van der Waals surface area contributed by atoms with E-state index in [-0.39, 0.29) is 6.04 Å². The van der Waals surface area contributed by atoms with Gasteiger partial charge in [0.1, 0.15) is 5.75 Å². The molecule has 1 unspecified atom stereocenters. The van der Waals surface area contributed by atoms with Gasteiger partial charge < -0.3 is 4.74 Å². The Balaban J connectivity index is 2.44. The van der Waals surface area contributed by atoms with Crippen LogP contribution in [-0.2, 0) is 7.05 Å². The molecule has 6 heteroatoms. The van der Waals surface area contributed by atoms with E-state index in [1.165, 1.54) is 0 Å². The molecule has 0 fully saturated rings. The molecule has 0 radical (unpaired) electrons. The Morgan fingerprint density at radius 1 is 1.40 bits per heavy atom. The van der Waals surface area contributed by atoms with Gasteiger partial charge in [0.05, 0.1) is 24.5 Å². The van der Waals surface area contributed by atoms with Gasteiger partial charge in [0.2, 0.25) is 0 Å². The number of nitrogens with one attached hydrogen (secondary N) is 1. The van der Waals surface area contributed by atoms with Crippen molar-refractivity contribution >= 4 is 0 Å². The monoisotopic (exact) mass is 275 g/mol. The van der Waals surface area contributed by atoms with Crippen LogP contribution in [0.25, 0.3) is 0 Å². The smallest absolute Gasteiger partial charge is 0.137 e. The molecule has 0 aliphatic rings. The second kappa shape index (κ2) is 6.02. The lowest BCUT2D eigenvalue weighted by Gasteiger charge is -2.17. The third kappa shape index (κ3) is 2.66. The molecule has 0 aliphatic carbocycles. The predicted molar refractivity (Wildman–Crippen MR) is 77.3 cm³/mol. The minimum Gasteiger partial charge on any atom is -0.492 e. The van der Waals surface area contributed by atoms with Crippen molar-refractivity contribution in [2.45, 2.75) is 26.8 Å². The van der Waals surface area contributed by atoms with Gasteiger partial charge in [-0.2, -0.15) is 5.10 Å². The molecule has 0 saturated carbocycles. The lowest BCUT2D eigenvalue weighted by atomic mass is 9.99. The first-order valence-electron chi connectivity index (χ1n) is 6.62. The van der Waals surface area contributed by atoms with E-state index in [2.05, 4.69) is 15.5 Å². The minimum atomic E-state index is -0.156.